The van der Waals surface area contributed by atoms with Crippen LogP contribution in [0.25, 0.3) is 0 Å². The van der Waals surface area contributed by atoms with E-state index in [1.807, 2.05) is 0 Å². The maximum atomic E-state index is 2.44. The van der Waals surface area contributed by atoms with E-state index in [-0.39, 0.29) is 0 Å². The van der Waals surface area contributed by atoms with Gasteiger partial charge in [0.15, 0.2) is 0 Å². The Morgan fingerprint density at radius 1 is 1.08 bits per heavy atom. The monoisotopic (exact) mass is 171 g/mol. The minimum Gasteiger partial charge on any atom is -0.304 e. The van der Waals surface area contributed by atoms with Crippen molar-refractivity contribution in [1.29, 1.82) is 0 Å². The maximum Gasteiger partial charge on any atom is 0.0261 e. The molecule has 0 atom stereocenters. The summed E-state index contributed by atoms with van der Waals surface area (Å²) in [6.07, 6.45) is 0. The molecule has 0 aromatic carbocycles. The van der Waals surface area contributed by atoms with Crippen LogP contribution in [-0.2, 0) is 0 Å². The molecule has 0 N–H and O–H groups in total. The minimum absolute atomic E-state index is 0.619. The average Bonchev–Trinajstić information content (AvgIpc) is 2.04. The Labute approximate surface area is 75.9 Å². The first kappa shape index (κ1) is 9.96. The molecule has 0 unspecified atom stereocenters. The number of likely N-dealkylation sites (N-methyl/N-ethyl adjacent to an activating group) is 1. The van der Waals surface area contributed by atoms with Crippen molar-refractivity contribution in [3.8, 4) is 0 Å². The smallest absolute Gasteiger partial charge is 0.0261 e. The van der Waals surface area contributed by atoms with E-state index in [1.54, 1.807) is 0 Å². The quantitative estimate of drug-likeness (QED) is 0.598. The zero-order chi connectivity index (χ0) is 9.14. The average molecular weight is 171 g/mol. The molecule has 1 aliphatic rings. The summed E-state index contributed by atoms with van der Waals surface area (Å²) in [4.78, 5) is 2.38. The molecule has 1 aliphatic heterocycles. The first-order valence-electron chi connectivity index (χ1n) is 4.77. The Balaban J connectivity index is 2.34. The SMILES string of the molecule is CC(C)N(C)N1CCN(C)CC1. The van der Waals surface area contributed by atoms with Crippen LogP contribution in [0.4, 0.5) is 0 Å². The van der Waals surface area contributed by atoms with E-state index >= 15 is 0 Å². The van der Waals surface area contributed by atoms with Gasteiger partial charge in [-0.1, -0.05) is 0 Å². The Morgan fingerprint density at radius 3 is 2.00 bits per heavy atom. The summed E-state index contributed by atoms with van der Waals surface area (Å²) in [5.74, 6) is 0. The summed E-state index contributed by atoms with van der Waals surface area (Å²) in [6, 6.07) is 0.619. The lowest BCUT2D eigenvalue weighted by molar-refractivity contribution is -0.0542. The number of rotatable bonds is 2. The van der Waals surface area contributed by atoms with Crippen molar-refractivity contribution >= 4 is 0 Å². The van der Waals surface area contributed by atoms with E-state index < -0.39 is 0 Å². The van der Waals surface area contributed by atoms with E-state index in [1.165, 1.54) is 26.2 Å². The fourth-order valence-corrected chi connectivity index (χ4v) is 1.44. The zero-order valence-electron chi connectivity index (χ0n) is 8.75. The van der Waals surface area contributed by atoms with Crippen molar-refractivity contribution in [1.82, 2.24) is 14.9 Å². The molecule has 72 valence electrons. The van der Waals surface area contributed by atoms with Crippen molar-refractivity contribution in [2.24, 2.45) is 0 Å². The molecule has 0 radical (unpaired) electrons. The second kappa shape index (κ2) is 4.21. The molecule has 0 amide bonds. The molecule has 12 heavy (non-hydrogen) atoms. The highest BCUT2D eigenvalue weighted by atomic mass is 15.6. The summed E-state index contributed by atoms with van der Waals surface area (Å²) in [5, 5.41) is 4.78. The van der Waals surface area contributed by atoms with Crippen LogP contribution in [-0.4, -0.2) is 61.2 Å². The summed E-state index contributed by atoms with van der Waals surface area (Å²) in [5.41, 5.74) is 0. The third-order valence-corrected chi connectivity index (χ3v) is 2.67. The third kappa shape index (κ3) is 2.44. The predicted octanol–water partition coefficient (Wildman–Crippen LogP) is 0.489. The molecule has 0 aromatic heterocycles. The van der Waals surface area contributed by atoms with Gasteiger partial charge >= 0.3 is 0 Å². The van der Waals surface area contributed by atoms with Crippen LogP contribution in [0.5, 0.6) is 0 Å². The molecule has 0 aliphatic carbocycles. The fraction of sp³-hybridized carbons (Fsp3) is 1.00. The molecule has 1 saturated heterocycles. The van der Waals surface area contributed by atoms with E-state index in [2.05, 4.69) is 42.9 Å². The van der Waals surface area contributed by atoms with Crippen LogP contribution in [0, 0.1) is 0 Å². The van der Waals surface area contributed by atoms with Gasteiger partial charge in [-0.15, -0.1) is 0 Å². The molecule has 3 heteroatoms. The van der Waals surface area contributed by atoms with Crippen LogP contribution in [0.2, 0.25) is 0 Å². The first-order valence-corrected chi connectivity index (χ1v) is 4.77. The van der Waals surface area contributed by atoms with Crippen molar-refractivity contribution in [2.75, 3.05) is 40.3 Å². The molecule has 0 saturated carbocycles. The second-order valence-corrected chi connectivity index (χ2v) is 3.92. The zero-order valence-corrected chi connectivity index (χ0v) is 8.75. The van der Waals surface area contributed by atoms with Crippen LogP contribution < -0.4 is 0 Å². The van der Waals surface area contributed by atoms with E-state index in [0.29, 0.717) is 6.04 Å². The summed E-state index contributed by atoms with van der Waals surface area (Å²) >= 11 is 0. The van der Waals surface area contributed by atoms with Gasteiger partial charge < -0.3 is 4.90 Å². The van der Waals surface area contributed by atoms with Gasteiger partial charge in [0.25, 0.3) is 0 Å². The fourth-order valence-electron chi connectivity index (χ4n) is 1.44. The topological polar surface area (TPSA) is 9.72 Å². The Kier molecular flexibility index (Phi) is 3.50. The standard InChI is InChI=1S/C9H21N3/c1-9(2)11(4)12-7-5-10(3)6-8-12/h9H,5-8H2,1-4H3. The Hall–Kier alpha value is -0.120. The highest BCUT2D eigenvalue weighted by Gasteiger charge is 2.18. The summed E-state index contributed by atoms with van der Waals surface area (Å²) in [6.45, 7) is 9.20. The Morgan fingerprint density at radius 2 is 1.58 bits per heavy atom. The van der Waals surface area contributed by atoms with Gasteiger partial charge in [0, 0.05) is 39.3 Å². The van der Waals surface area contributed by atoms with Gasteiger partial charge in [0.05, 0.1) is 0 Å². The molecule has 1 fully saturated rings. The Bertz CT molecular complexity index is 128. The van der Waals surface area contributed by atoms with Gasteiger partial charge in [-0.25, -0.2) is 10.0 Å². The lowest BCUT2D eigenvalue weighted by atomic mass is 10.3. The minimum atomic E-state index is 0.619. The van der Waals surface area contributed by atoms with Crippen molar-refractivity contribution in [3.05, 3.63) is 0 Å². The largest absolute Gasteiger partial charge is 0.304 e. The number of piperazine rings is 1. The van der Waals surface area contributed by atoms with Crippen molar-refractivity contribution in [3.63, 3.8) is 0 Å². The highest BCUT2D eigenvalue weighted by Crippen LogP contribution is 2.05. The lowest BCUT2D eigenvalue weighted by Crippen LogP contribution is -2.53. The lowest BCUT2D eigenvalue weighted by Gasteiger charge is -2.40. The normalized spacial score (nSPS) is 22.5. The van der Waals surface area contributed by atoms with Crippen LogP contribution in [0.15, 0.2) is 0 Å². The van der Waals surface area contributed by atoms with Gasteiger partial charge in [0.2, 0.25) is 0 Å². The highest BCUT2D eigenvalue weighted by molar-refractivity contribution is 4.68. The van der Waals surface area contributed by atoms with Gasteiger partial charge in [-0.2, -0.15) is 0 Å². The van der Waals surface area contributed by atoms with Gasteiger partial charge in [-0.05, 0) is 20.9 Å². The van der Waals surface area contributed by atoms with E-state index in [4.69, 9.17) is 0 Å². The van der Waals surface area contributed by atoms with Crippen molar-refractivity contribution < 1.29 is 0 Å². The number of hydrogen-bond acceptors (Lipinski definition) is 3. The van der Waals surface area contributed by atoms with E-state index in [0.717, 1.165) is 0 Å². The van der Waals surface area contributed by atoms with Crippen molar-refractivity contribution in [2.45, 2.75) is 19.9 Å². The van der Waals surface area contributed by atoms with Crippen LogP contribution in [0.3, 0.4) is 0 Å². The van der Waals surface area contributed by atoms with E-state index in [9.17, 15) is 0 Å². The number of nitrogens with zero attached hydrogens (tertiary/aromatic N) is 3. The molecular weight excluding hydrogens is 150 g/mol. The summed E-state index contributed by atoms with van der Waals surface area (Å²) in [7, 11) is 4.36. The molecule has 0 spiro atoms. The van der Waals surface area contributed by atoms with Crippen LogP contribution >= 0.6 is 0 Å². The molecule has 1 rings (SSSR count). The maximum absolute atomic E-state index is 2.44. The summed E-state index contributed by atoms with van der Waals surface area (Å²) < 4.78 is 0. The molecular formula is C9H21N3. The van der Waals surface area contributed by atoms with Gasteiger partial charge in [0.1, 0.15) is 0 Å². The first-order chi connectivity index (χ1) is 5.61. The number of hydrogen-bond donors (Lipinski definition) is 0. The molecule has 3 nitrogen and oxygen atoms in total. The molecule has 0 aromatic rings. The molecule has 1 heterocycles. The second-order valence-electron chi connectivity index (χ2n) is 3.92. The van der Waals surface area contributed by atoms with Gasteiger partial charge in [-0.3, -0.25) is 0 Å². The molecule has 0 bridgehead atoms. The van der Waals surface area contributed by atoms with Crippen LogP contribution in [0.1, 0.15) is 13.8 Å². The number of hydrazine groups is 1. The predicted molar refractivity (Wildman–Crippen MR) is 52.0 cm³/mol. The third-order valence-electron chi connectivity index (χ3n) is 2.67.